The summed E-state index contributed by atoms with van der Waals surface area (Å²) in [5.74, 6) is -0.444. The Bertz CT molecular complexity index is 1040. The van der Waals surface area contributed by atoms with E-state index in [2.05, 4.69) is 15.5 Å². The van der Waals surface area contributed by atoms with Gasteiger partial charge in [0.15, 0.2) is 0 Å². The fraction of sp³-hybridized carbons (Fsp3) is 0.273. The number of aromatic nitrogens is 2. The summed E-state index contributed by atoms with van der Waals surface area (Å²) in [4.78, 5) is 27.0. The van der Waals surface area contributed by atoms with Gasteiger partial charge in [0, 0.05) is 17.1 Å². The molecule has 2 heterocycles. The summed E-state index contributed by atoms with van der Waals surface area (Å²) in [5.41, 5.74) is 1.87. The van der Waals surface area contributed by atoms with Crippen molar-refractivity contribution in [1.82, 2.24) is 15.1 Å². The highest BCUT2D eigenvalue weighted by molar-refractivity contribution is 7.18. The molecule has 1 saturated heterocycles. The van der Waals surface area contributed by atoms with Crippen LogP contribution >= 0.6 is 22.9 Å². The van der Waals surface area contributed by atoms with Crippen LogP contribution in [0, 0.1) is 0 Å². The molecule has 160 valence electrons. The number of hydrogen-bond acceptors (Lipinski definition) is 6. The van der Waals surface area contributed by atoms with Crippen molar-refractivity contribution in [3.05, 3.63) is 65.2 Å². The molecular formula is C22H21ClN4O3S. The average Bonchev–Trinajstić information content (AvgIpc) is 3.45. The Hall–Kier alpha value is -2.81. The molecule has 0 radical (unpaired) electrons. The van der Waals surface area contributed by atoms with Gasteiger partial charge in [-0.25, -0.2) is 0 Å². The third-order valence-electron chi connectivity index (χ3n) is 4.96. The summed E-state index contributed by atoms with van der Waals surface area (Å²) in [6.07, 6.45) is 1.38. The van der Waals surface area contributed by atoms with E-state index in [9.17, 15) is 9.59 Å². The van der Waals surface area contributed by atoms with E-state index < -0.39 is 6.04 Å². The number of halogens is 1. The van der Waals surface area contributed by atoms with Crippen molar-refractivity contribution in [1.29, 1.82) is 0 Å². The molecule has 2 aromatic carbocycles. The topological polar surface area (TPSA) is 84.4 Å². The number of ether oxygens (including phenoxy) is 1. The minimum absolute atomic E-state index is 0.0573. The fourth-order valence-corrected chi connectivity index (χ4v) is 4.30. The number of carbonyl (C=O) groups excluding carboxylic acids is 2. The van der Waals surface area contributed by atoms with Crippen molar-refractivity contribution < 1.29 is 14.3 Å². The van der Waals surface area contributed by atoms with Crippen LogP contribution in [0.25, 0.3) is 10.6 Å². The number of nitrogens with zero attached hydrogens (tertiary/aromatic N) is 3. The number of amides is 2. The Morgan fingerprint density at radius 1 is 1.13 bits per heavy atom. The largest absolute Gasteiger partial charge is 0.367 e. The van der Waals surface area contributed by atoms with E-state index in [4.69, 9.17) is 16.3 Å². The lowest BCUT2D eigenvalue weighted by atomic mass is 10.2. The van der Waals surface area contributed by atoms with Crippen molar-refractivity contribution in [2.45, 2.75) is 25.5 Å². The molecule has 9 heteroatoms. The Morgan fingerprint density at radius 3 is 2.68 bits per heavy atom. The normalized spacial score (nSPS) is 15.8. The Kier molecular flexibility index (Phi) is 6.91. The average molecular weight is 457 g/mol. The van der Waals surface area contributed by atoms with Crippen LogP contribution in [-0.2, 0) is 20.9 Å². The van der Waals surface area contributed by atoms with Crippen LogP contribution in [0.4, 0.5) is 5.13 Å². The Morgan fingerprint density at radius 2 is 1.90 bits per heavy atom. The van der Waals surface area contributed by atoms with Gasteiger partial charge in [-0.15, -0.1) is 10.2 Å². The lowest BCUT2D eigenvalue weighted by molar-refractivity contribution is -0.140. The van der Waals surface area contributed by atoms with Gasteiger partial charge in [0.25, 0.3) is 0 Å². The molecule has 0 saturated carbocycles. The van der Waals surface area contributed by atoms with Crippen LogP contribution in [0.3, 0.4) is 0 Å². The highest BCUT2D eigenvalue weighted by atomic mass is 35.5. The zero-order valence-corrected chi connectivity index (χ0v) is 18.2. The highest BCUT2D eigenvalue weighted by Crippen LogP contribution is 2.28. The highest BCUT2D eigenvalue weighted by Gasteiger charge is 2.34. The van der Waals surface area contributed by atoms with Crippen molar-refractivity contribution in [2.75, 3.05) is 18.5 Å². The van der Waals surface area contributed by atoms with Crippen molar-refractivity contribution in [3.63, 3.8) is 0 Å². The first kappa shape index (κ1) is 21.4. The zero-order valence-electron chi connectivity index (χ0n) is 16.7. The van der Waals surface area contributed by atoms with Crippen LogP contribution in [-0.4, -0.2) is 46.1 Å². The minimum atomic E-state index is -0.532. The van der Waals surface area contributed by atoms with Crippen LogP contribution in [0.2, 0.25) is 5.02 Å². The van der Waals surface area contributed by atoms with Gasteiger partial charge >= 0.3 is 0 Å². The molecule has 7 nitrogen and oxygen atoms in total. The summed E-state index contributed by atoms with van der Waals surface area (Å²) in [5, 5.41) is 12.7. The molecule has 31 heavy (non-hydrogen) atoms. The molecule has 1 atom stereocenters. The van der Waals surface area contributed by atoms with Crippen molar-refractivity contribution in [2.24, 2.45) is 0 Å². The molecule has 1 N–H and O–H groups in total. The summed E-state index contributed by atoms with van der Waals surface area (Å²) >= 11 is 7.19. The molecule has 1 aliphatic rings. The molecule has 1 aromatic heterocycles. The molecule has 0 aliphatic carbocycles. The molecule has 1 aliphatic heterocycles. The molecule has 0 bridgehead atoms. The van der Waals surface area contributed by atoms with Crippen LogP contribution in [0.1, 0.15) is 18.4 Å². The molecule has 0 spiro atoms. The second kappa shape index (κ2) is 10.00. The van der Waals surface area contributed by atoms with E-state index in [0.29, 0.717) is 34.7 Å². The second-order valence-corrected chi connectivity index (χ2v) is 8.55. The lowest BCUT2D eigenvalue weighted by Crippen LogP contribution is -2.44. The smallest absolute Gasteiger partial charge is 0.249 e. The number of likely N-dealkylation sites (tertiary alicyclic amines) is 1. The molecule has 1 fully saturated rings. The predicted molar refractivity (Wildman–Crippen MR) is 120 cm³/mol. The first-order valence-corrected chi connectivity index (χ1v) is 11.1. The third-order valence-corrected chi connectivity index (χ3v) is 6.10. The Balaban J connectivity index is 1.32. The van der Waals surface area contributed by atoms with Gasteiger partial charge in [0.05, 0.1) is 6.61 Å². The molecular weight excluding hydrogens is 436 g/mol. The summed E-state index contributed by atoms with van der Waals surface area (Å²) < 4.78 is 5.55. The molecule has 2 amide bonds. The lowest BCUT2D eigenvalue weighted by Gasteiger charge is -2.23. The third kappa shape index (κ3) is 5.46. The minimum Gasteiger partial charge on any atom is -0.367 e. The quantitative estimate of drug-likeness (QED) is 0.580. The van der Waals surface area contributed by atoms with E-state index in [-0.39, 0.29) is 18.4 Å². The van der Waals surface area contributed by atoms with E-state index in [1.54, 1.807) is 17.0 Å². The number of rotatable bonds is 7. The number of anilines is 1. The number of hydrogen-bond donors (Lipinski definition) is 1. The maximum atomic E-state index is 12.8. The summed E-state index contributed by atoms with van der Waals surface area (Å²) in [6.45, 7) is 0.839. The monoisotopic (exact) mass is 456 g/mol. The van der Waals surface area contributed by atoms with Gasteiger partial charge in [0.1, 0.15) is 17.7 Å². The molecule has 4 rings (SSSR count). The van der Waals surface area contributed by atoms with Crippen LogP contribution in [0.5, 0.6) is 0 Å². The van der Waals surface area contributed by atoms with E-state index in [1.807, 2.05) is 42.5 Å². The fourth-order valence-electron chi connectivity index (χ4n) is 3.42. The van der Waals surface area contributed by atoms with Gasteiger partial charge < -0.3 is 9.64 Å². The van der Waals surface area contributed by atoms with Gasteiger partial charge in [0.2, 0.25) is 16.9 Å². The maximum absolute atomic E-state index is 12.8. The van der Waals surface area contributed by atoms with E-state index in [1.165, 1.54) is 11.3 Å². The first-order chi connectivity index (χ1) is 15.1. The Labute approximate surface area is 189 Å². The van der Waals surface area contributed by atoms with Gasteiger partial charge in [-0.3, -0.25) is 14.9 Å². The predicted octanol–water partition coefficient (Wildman–Crippen LogP) is 4.00. The SMILES string of the molecule is O=C(Nc1nnc(-c2ccc(Cl)cc2)s1)C1CCCN1C(=O)COCc1ccccc1. The second-order valence-electron chi connectivity index (χ2n) is 7.13. The number of benzene rings is 2. The van der Waals surface area contributed by atoms with Crippen molar-refractivity contribution >= 4 is 39.9 Å². The number of nitrogens with one attached hydrogen (secondary N) is 1. The van der Waals surface area contributed by atoms with Gasteiger partial charge in [-0.2, -0.15) is 0 Å². The van der Waals surface area contributed by atoms with E-state index >= 15 is 0 Å². The summed E-state index contributed by atoms with van der Waals surface area (Å²) in [6, 6.07) is 16.4. The van der Waals surface area contributed by atoms with Gasteiger partial charge in [-0.05, 0) is 30.5 Å². The zero-order chi connectivity index (χ0) is 21.6. The van der Waals surface area contributed by atoms with Gasteiger partial charge in [-0.1, -0.05) is 65.4 Å². The first-order valence-electron chi connectivity index (χ1n) is 9.91. The van der Waals surface area contributed by atoms with E-state index in [0.717, 1.165) is 17.5 Å². The molecule has 1 unspecified atom stereocenters. The summed E-state index contributed by atoms with van der Waals surface area (Å²) in [7, 11) is 0. The maximum Gasteiger partial charge on any atom is 0.249 e. The molecule has 3 aromatic rings. The van der Waals surface area contributed by atoms with Crippen LogP contribution < -0.4 is 5.32 Å². The van der Waals surface area contributed by atoms with Crippen LogP contribution in [0.15, 0.2) is 54.6 Å². The standard InChI is InChI=1S/C22H21ClN4O3S/c23-17-10-8-16(9-11-17)21-25-26-22(31-21)24-20(29)18-7-4-12-27(18)19(28)14-30-13-15-5-2-1-3-6-15/h1-3,5-6,8-11,18H,4,7,12-14H2,(H,24,26,29). The number of carbonyl (C=O) groups is 2. The van der Waals surface area contributed by atoms with Crippen molar-refractivity contribution in [3.8, 4) is 10.6 Å².